The van der Waals surface area contributed by atoms with Gasteiger partial charge in [0.15, 0.2) is 17.1 Å². The first-order chi connectivity index (χ1) is 13.6. The van der Waals surface area contributed by atoms with Gasteiger partial charge in [-0.15, -0.1) is 10.2 Å². The highest BCUT2D eigenvalue weighted by Crippen LogP contribution is 2.24. The number of hydrogen-bond acceptors (Lipinski definition) is 5. The monoisotopic (exact) mass is 396 g/mol. The molecule has 7 heteroatoms. The summed E-state index contributed by atoms with van der Waals surface area (Å²) < 4.78 is 7.78. The number of hydrogen-bond donors (Lipinski definition) is 1. The Morgan fingerprint density at radius 2 is 1.86 bits per heavy atom. The summed E-state index contributed by atoms with van der Waals surface area (Å²) in [5, 5.41) is 12.1. The number of rotatable bonds is 8. The topological polar surface area (TPSA) is 69.0 Å². The normalized spacial score (nSPS) is 11.8. The third-order valence-electron chi connectivity index (χ3n) is 4.29. The van der Waals surface area contributed by atoms with Crippen molar-refractivity contribution in [1.82, 2.24) is 14.8 Å². The van der Waals surface area contributed by atoms with E-state index < -0.39 is 0 Å². The molecule has 6 nitrogen and oxygen atoms in total. The maximum Gasteiger partial charge on any atom is 0.234 e. The van der Waals surface area contributed by atoms with Crippen molar-refractivity contribution < 1.29 is 9.53 Å². The average Bonchev–Trinajstić information content (AvgIpc) is 3.08. The fourth-order valence-corrected chi connectivity index (χ4v) is 3.55. The summed E-state index contributed by atoms with van der Waals surface area (Å²) >= 11 is 1.35. The van der Waals surface area contributed by atoms with Crippen molar-refractivity contribution in [2.45, 2.75) is 31.5 Å². The lowest BCUT2D eigenvalue weighted by Gasteiger charge is -2.14. The van der Waals surface area contributed by atoms with E-state index in [1.54, 1.807) is 0 Å². The molecule has 146 valence electrons. The Kier molecular flexibility index (Phi) is 6.71. The first kappa shape index (κ1) is 19.9. The quantitative estimate of drug-likeness (QED) is 0.577. The number of amides is 1. The molecule has 0 bridgehead atoms. The zero-order valence-electron chi connectivity index (χ0n) is 16.3. The number of thioether (sulfide) groups is 1. The second-order valence-electron chi connectivity index (χ2n) is 6.32. The molecule has 0 fully saturated rings. The molecule has 3 rings (SSSR count). The van der Waals surface area contributed by atoms with Crippen LogP contribution in [0.1, 0.15) is 31.3 Å². The van der Waals surface area contributed by atoms with Gasteiger partial charge in [-0.3, -0.25) is 4.79 Å². The Labute approximate surface area is 169 Å². The molecule has 0 aliphatic rings. The predicted molar refractivity (Wildman–Crippen MR) is 112 cm³/mol. The number of nitrogens with one attached hydrogen (secondary N) is 1. The van der Waals surface area contributed by atoms with Gasteiger partial charge >= 0.3 is 0 Å². The third kappa shape index (κ3) is 4.92. The van der Waals surface area contributed by atoms with E-state index in [2.05, 4.69) is 22.4 Å². The van der Waals surface area contributed by atoms with Gasteiger partial charge in [0.1, 0.15) is 5.75 Å². The molecule has 0 spiro atoms. The highest BCUT2D eigenvalue weighted by Gasteiger charge is 2.18. The van der Waals surface area contributed by atoms with Crippen molar-refractivity contribution in [3.05, 3.63) is 66.0 Å². The van der Waals surface area contributed by atoms with Crippen LogP contribution in [0.2, 0.25) is 0 Å². The summed E-state index contributed by atoms with van der Waals surface area (Å²) in [6.07, 6.45) is 0.620. The summed E-state index contributed by atoms with van der Waals surface area (Å²) in [6, 6.07) is 17.4. The minimum Gasteiger partial charge on any atom is -0.483 e. The summed E-state index contributed by atoms with van der Waals surface area (Å²) in [5.41, 5.74) is 1.98. The van der Waals surface area contributed by atoms with E-state index in [1.807, 2.05) is 73.1 Å². The molecule has 0 radical (unpaired) electrons. The number of carbonyl (C=O) groups is 1. The van der Waals surface area contributed by atoms with Gasteiger partial charge in [0.25, 0.3) is 0 Å². The molecule has 1 amide bonds. The summed E-state index contributed by atoms with van der Waals surface area (Å²) in [4.78, 5) is 12.3. The number of para-hydroxylation sites is 2. The highest BCUT2D eigenvalue weighted by molar-refractivity contribution is 7.99. The number of aromatic nitrogens is 3. The number of anilines is 1. The van der Waals surface area contributed by atoms with Gasteiger partial charge in [0, 0.05) is 12.7 Å². The van der Waals surface area contributed by atoms with Crippen LogP contribution in [0.5, 0.6) is 5.75 Å². The van der Waals surface area contributed by atoms with Crippen molar-refractivity contribution in [1.29, 1.82) is 0 Å². The molecular formula is C21H24N4O2S. The zero-order valence-corrected chi connectivity index (χ0v) is 17.1. The van der Waals surface area contributed by atoms with Crippen LogP contribution in [0.3, 0.4) is 0 Å². The molecule has 0 saturated carbocycles. The second-order valence-corrected chi connectivity index (χ2v) is 7.26. The van der Waals surface area contributed by atoms with Crippen molar-refractivity contribution in [2.75, 3.05) is 11.1 Å². The number of nitrogens with zero attached hydrogens (tertiary/aromatic N) is 3. The SMILES string of the molecule is CCc1ccccc1NC(=O)CSc1nnc(C(C)Oc2ccccc2)n1C. The molecule has 1 heterocycles. The summed E-state index contributed by atoms with van der Waals surface area (Å²) in [7, 11) is 1.88. The van der Waals surface area contributed by atoms with Gasteiger partial charge < -0.3 is 14.6 Å². The molecule has 1 unspecified atom stereocenters. The van der Waals surface area contributed by atoms with E-state index in [9.17, 15) is 4.79 Å². The Morgan fingerprint density at radius 3 is 2.61 bits per heavy atom. The number of carbonyl (C=O) groups excluding carboxylic acids is 1. The van der Waals surface area contributed by atoms with E-state index in [4.69, 9.17) is 4.74 Å². The van der Waals surface area contributed by atoms with Crippen molar-refractivity contribution >= 4 is 23.4 Å². The molecule has 1 N–H and O–H groups in total. The molecular weight excluding hydrogens is 372 g/mol. The second kappa shape index (κ2) is 9.41. The fourth-order valence-electron chi connectivity index (χ4n) is 2.83. The zero-order chi connectivity index (χ0) is 19.9. The lowest BCUT2D eigenvalue weighted by atomic mass is 10.1. The number of aryl methyl sites for hydroxylation is 1. The van der Waals surface area contributed by atoms with Gasteiger partial charge in [-0.2, -0.15) is 0 Å². The lowest BCUT2D eigenvalue weighted by Crippen LogP contribution is -2.16. The smallest absolute Gasteiger partial charge is 0.234 e. The standard InChI is InChI=1S/C21H24N4O2S/c1-4-16-10-8-9-13-18(16)22-19(26)14-28-21-24-23-20(25(21)3)15(2)27-17-11-6-5-7-12-17/h5-13,15H,4,14H2,1-3H3,(H,22,26). The van der Waals surface area contributed by atoms with Crippen LogP contribution >= 0.6 is 11.8 Å². The van der Waals surface area contributed by atoms with Gasteiger partial charge in [-0.25, -0.2) is 0 Å². The fraction of sp³-hybridized carbons (Fsp3) is 0.286. The largest absolute Gasteiger partial charge is 0.483 e. The van der Waals surface area contributed by atoms with Crippen LogP contribution in [0.4, 0.5) is 5.69 Å². The third-order valence-corrected chi connectivity index (χ3v) is 5.31. The Hall–Kier alpha value is -2.80. The van der Waals surface area contributed by atoms with Crippen LogP contribution in [-0.2, 0) is 18.3 Å². The molecule has 0 saturated heterocycles. The number of benzene rings is 2. The molecule has 28 heavy (non-hydrogen) atoms. The van der Waals surface area contributed by atoms with Crippen LogP contribution in [0.15, 0.2) is 59.8 Å². The Balaban J connectivity index is 1.59. The van der Waals surface area contributed by atoms with Crippen LogP contribution in [0.25, 0.3) is 0 Å². The summed E-state index contributed by atoms with van der Waals surface area (Å²) in [5.74, 6) is 1.69. The average molecular weight is 397 g/mol. The first-order valence-corrected chi connectivity index (χ1v) is 10.2. The van der Waals surface area contributed by atoms with E-state index in [1.165, 1.54) is 11.8 Å². The van der Waals surface area contributed by atoms with Crippen molar-refractivity contribution in [3.63, 3.8) is 0 Å². The molecule has 1 aromatic heterocycles. The van der Waals surface area contributed by atoms with E-state index in [0.717, 1.165) is 23.4 Å². The lowest BCUT2D eigenvalue weighted by molar-refractivity contribution is -0.113. The first-order valence-electron chi connectivity index (χ1n) is 9.20. The maximum atomic E-state index is 12.3. The summed E-state index contributed by atoms with van der Waals surface area (Å²) in [6.45, 7) is 4.00. The van der Waals surface area contributed by atoms with E-state index >= 15 is 0 Å². The molecule has 0 aliphatic carbocycles. The molecule has 1 atom stereocenters. The Morgan fingerprint density at radius 1 is 1.14 bits per heavy atom. The maximum absolute atomic E-state index is 12.3. The Bertz CT molecular complexity index is 927. The van der Waals surface area contributed by atoms with Gasteiger partial charge in [-0.1, -0.05) is 55.1 Å². The van der Waals surface area contributed by atoms with Crippen LogP contribution in [-0.4, -0.2) is 26.4 Å². The van der Waals surface area contributed by atoms with Gasteiger partial charge in [0.2, 0.25) is 5.91 Å². The predicted octanol–water partition coefficient (Wildman–Crippen LogP) is 4.25. The van der Waals surface area contributed by atoms with Crippen LogP contribution < -0.4 is 10.1 Å². The molecule has 3 aromatic rings. The van der Waals surface area contributed by atoms with Crippen LogP contribution in [0, 0.1) is 0 Å². The van der Waals surface area contributed by atoms with E-state index in [-0.39, 0.29) is 17.8 Å². The molecule has 0 aliphatic heterocycles. The molecule has 2 aromatic carbocycles. The minimum absolute atomic E-state index is 0.0657. The van der Waals surface area contributed by atoms with E-state index in [0.29, 0.717) is 11.0 Å². The minimum atomic E-state index is -0.250. The van der Waals surface area contributed by atoms with Crippen molar-refractivity contribution in [3.8, 4) is 5.75 Å². The van der Waals surface area contributed by atoms with Gasteiger partial charge in [-0.05, 0) is 37.1 Å². The van der Waals surface area contributed by atoms with Crippen molar-refractivity contribution in [2.24, 2.45) is 7.05 Å². The highest BCUT2D eigenvalue weighted by atomic mass is 32.2. The number of ether oxygens (including phenoxy) is 1. The van der Waals surface area contributed by atoms with Gasteiger partial charge in [0.05, 0.1) is 5.75 Å².